The van der Waals surface area contributed by atoms with E-state index < -0.39 is 22.4 Å². The van der Waals surface area contributed by atoms with Gasteiger partial charge in [-0.15, -0.1) is 0 Å². The van der Waals surface area contributed by atoms with Gasteiger partial charge in [-0.2, -0.15) is 13.2 Å². The van der Waals surface area contributed by atoms with Gasteiger partial charge in [0.15, 0.2) is 0 Å². The minimum absolute atomic E-state index is 0.0551. The number of sulfone groups is 1. The van der Waals surface area contributed by atoms with Gasteiger partial charge in [0.2, 0.25) is 0 Å². The molecule has 244 valence electrons. The summed E-state index contributed by atoms with van der Waals surface area (Å²) in [4.78, 5) is 2.48. The third-order valence-electron chi connectivity index (χ3n) is 9.10. The van der Waals surface area contributed by atoms with E-state index in [9.17, 15) is 31.1 Å². The number of phenols is 1. The first kappa shape index (κ1) is 34.5. The molecule has 0 radical (unpaired) electrons. The molecule has 0 amide bonds. The molecule has 2 aromatic carbocycles. The highest BCUT2D eigenvalue weighted by Gasteiger charge is 2.27. The maximum absolute atomic E-state index is 14.1. The number of unbranched alkanes of at least 4 members (excludes halogenated alkanes) is 4. The van der Waals surface area contributed by atoms with Crippen LogP contribution < -0.4 is 0 Å². The van der Waals surface area contributed by atoms with Crippen molar-refractivity contribution in [3.05, 3.63) is 65.0 Å². The number of allylic oxidation sites excluding steroid dienone is 2. The van der Waals surface area contributed by atoms with Crippen LogP contribution in [-0.4, -0.2) is 55.2 Å². The molecule has 1 N–H and O–H groups in total. The van der Waals surface area contributed by atoms with Gasteiger partial charge in [-0.05, 0) is 142 Å². The summed E-state index contributed by atoms with van der Waals surface area (Å²) in [5.74, 6) is -0.0589. The van der Waals surface area contributed by atoms with Crippen LogP contribution in [0.2, 0.25) is 0 Å². The first-order valence-corrected chi connectivity index (χ1v) is 18.1. The normalized spacial score (nSPS) is 18.0. The summed E-state index contributed by atoms with van der Waals surface area (Å²) in [5, 5.41) is 10.1. The second kappa shape index (κ2) is 16.3. The monoisotopic (exact) mass is 637 g/mol. The first-order valence-electron chi connectivity index (χ1n) is 16.3. The number of halogens is 4. The van der Waals surface area contributed by atoms with Crippen molar-refractivity contribution in [1.82, 2.24) is 4.90 Å². The van der Waals surface area contributed by atoms with E-state index in [0.29, 0.717) is 12.5 Å². The predicted octanol–water partition coefficient (Wildman–Crippen LogP) is 9.12. The fourth-order valence-corrected chi connectivity index (χ4v) is 8.36. The molecule has 0 spiro atoms. The van der Waals surface area contributed by atoms with Crippen LogP contribution >= 0.6 is 0 Å². The Morgan fingerprint density at radius 3 is 2.48 bits per heavy atom. The number of phenolic OH excluding ortho intramolecular Hbond substituents is 1. The Morgan fingerprint density at radius 2 is 1.68 bits per heavy atom. The molecule has 0 bridgehead atoms. The molecule has 2 aliphatic rings. The van der Waals surface area contributed by atoms with E-state index in [4.69, 9.17) is 0 Å². The number of fused-ring (bicyclic) bond motifs is 1. The van der Waals surface area contributed by atoms with E-state index in [0.717, 1.165) is 94.8 Å². The molecule has 0 saturated carbocycles. The predicted molar refractivity (Wildman–Crippen MR) is 170 cm³/mol. The molecule has 1 heterocycles. The van der Waals surface area contributed by atoms with Crippen LogP contribution in [0.4, 0.5) is 17.6 Å². The van der Waals surface area contributed by atoms with Crippen molar-refractivity contribution in [1.29, 1.82) is 0 Å². The van der Waals surface area contributed by atoms with Gasteiger partial charge >= 0.3 is 6.18 Å². The molecule has 4 nitrogen and oxygen atoms in total. The maximum Gasteiger partial charge on any atom is 0.389 e. The molecule has 1 atom stereocenters. The van der Waals surface area contributed by atoms with Crippen LogP contribution in [0.5, 0.6) is 5.75 Å². The molecule has 9 heteroatoms. The highest BCUT2D eigenvalue weighted by molar-refractivity contribution is 7.91. The summed E-state index contributed by atoms with van der Waals surface area (Å²) < 4.78 is 75.6. The summed E-state index contributed by atoms with van der Waals surface area (Å²) in [6.07, 6.45) is 6.24. The lowest BCUT2D eigenvalue weighted by molar-refractivity contribution is -0.135. The Hall–Kier alpha value is -2.39. The van der Waals surface area contributed by atoms with E-state index in [1.54, 1.807) is 18.2 Å². The minimum atomic E-state index is -4.23. The van der Waals surface area contributed by atoms with Crippen LogP contribution in [0.15, 0.2) is 42.5 Å². The molecule has 1 saturated heterocycles. The van der Waals surface area contributed by atoms with E-state index >= 15 is 0 Å². The van der Waals surface area contributed by atoms with E-state index in [1.807, 2.05) is 18.2 Å². The van der Waals surface area contributed by atoms with E-state index in [1.165, 1.54) is 22.8 Å². The summed E-state index contributed by atoms with van der Waals surface area (Å²) >= 11 is 0. The number of nitrogens with zero attached hydrogens (tertiary/aromatic N) is 1. The van der Waals surface area contributed by atoms with Crippen LogP contribution in [0, 0.1) is 5.82 Å². The van der Waals surface area contributed by atoms with E-state index in [2.05, 4.69) is 4.90 Å². The number of likely N-dealkylation sites (tertiary alicyclic amines) is 1. The number of aryl methyl sites for hydroxylation is 1. The zero-order valence-electron chi connectivity index (χ0n) is 25.7. The highest BCUT2D eigenvalue weighted by atomic mass is 32.2. The third-order valence-corrected chi connectivity index (χ3v) is 10.9. The second-order valence-electron chi connectivity index (χ2n) is 12.5. The average Bonchev–Trinajstić information content (AvgIpc) is 3.32. The Labute approximate surface area is 260 Å². The highest BCUT2D eigenvalue weighted by Crippen LogP contribution is 2.40. The van der Waals surface area contributed by atoms with Crippen LogP contribution in [0.3, 0.4) is 0 Å². The zero-order valence-corrected chi connectivity index (χ0v) is 26.5. The van der Waals surface area contributed by atoms with Crippen molar-refractivity contribution in [3.8, 4) is 5.75 Å². The molecular weight excluding hydrogens is 590 g/mol. The number of hydrogen-bond donors (Lipinski definition) is 1. The summed E-state index contributed by atoms with van der Waals surface area (Å²) in [6, 6.07) is 12.9. The standard InChI is InChI=1S/C35H47F4NO3S/c36-29-13-7-11-27(25-29)32-17-8-12-28-26-31(41)18-19-33(28)34(32)16-3-1-2-5-21-40-22-9-14-30(40)15-10-24-44(42,43)23-6-4-20-35(37,38)39/h7,11,13,18-19,25-26,30,41H,1-6,8-10,12,14-17,20-24H2. The third kappa shape index (κ3) is 10.9. The molecule has 1 aliphatic carbocycles. The van der Waals surface area contributed by atoms with Crippen LogP contribution in [0.1, 0.15) is 107 Å². The van der Waals surface area contributed by atoms with Gasteiger partial charge in [0.25, 0.3) is 0 Å². The van der Waals surface area contributed by atoms with Gasteiger partial charge in [0, 0.05) is 12.5 Å². The molecule has 4 rings (SSSR count). The zero-order chi connectivity index (χ0) is 31.6. The Balaban J connectivity index is 1.22. The SMILES string of the molecule is O=S(=O)(CCCCC(F)(F)F)CCCC1CCCN1CCCCCCC1=C(c2cccc(F)c2)CCCc2cc(O)ccc21. The lowest BCUT2D eigenvalue weighted by atomic mass is 9.89. The van der Waals surface area contributed by atoms with Crippen molar-refractivity contribution in [3.63, 3.8) is 0 Å². The maximum atomic E-state index is 14.1. The number of alkyl halides is 3. The summed E-state index contributed by atoms with van der Waals surface area (Å²) in [7, 11) is -3.31. The number of aromatic hydroxyl groups is 1. The molecule has 1 aliphatic heterocycles. The molecule has 44 heavy (non-hydrogen) atoms. The van der Waals surface area contributed by atoms with Crippen molar-refractivity contribution in [2.75, 3.05) is 24.6 Å². The van der Waals surface area contributed by atoms with Crippen LogP contribution in [-0.2, 0) is 16.3 Å². The van der Waals surface area contributed by atoms with Gasteiger partial charge < -0.3 is 10.0 Å². The van der Waals surface area contributed by atoms with Gasteiger partial charge in [-0.1, -0.05) is 31.0 Å². The molecule has 0 aromatic heterocycles. The topological polar surface area (TPSA) is 57.6 Å². The van der Waals surface area contributed by atoms with E-state index in [-0.39, 0.29) is 35.9 Å². The van der Waals surface area contributed by atoms with Crippen LogP contribution in [0.25, 0.3) is 11.1 Å². The lowest BCUT2D eigenvalue weighted by Crippen LogP contribution is -2.30. The fourth-order valence-electron chi connectivity index (χ4n) is 6.91. The lowest BCUT2D eigenvalue weighted by Gasteiger charge is -2.24. The number of rotatable bonds is 16. The Kier molecular flexibility index (Phi) is 12.7. The Morgan fingerprint density at radius 1 is 0.886 bits per heavy atom. The van der Waals surface area contributed by atoms with Crippen molar-refractivity contribution in [2.45, 2.75) is 109 Å². The molecule has 1 unspecified atom stereocenters. The Bertz CT molecular complexity index is 1360. The van der Waals surface area contributed by atoms with Crippen molar-refractivity contribution in [2.24, 2.45) is 0 Å². The smallest absolute Gasteiger partial charge is 0.389 e. The minimum Gasteiger partial charge on any atom is -0.508 e. The number of benzene rings is 2. The molecular formula is C35H47F4NO3S. The van der Waals surface area contributed by atoms with Crippen molar-refractivity contribution >= 4 is 21.0 Å². The molecule has 2 aromatic rings. The summed E-state index contributed by atoms with van der Waals surface area (Å²) in [6.45, 7) is 2.02. The summed E-state index contributed by atoms with van der Waals surface area (Å²) in [5.41, 5.74) is 5.73. The van der Waals surface area contributed by atoms with Crippen molar-refractivity contribution < 1.29 is 31.1 Å². The average molecular weight is 638 g/mol. The van der Waals surface area contributed by atoms with Gasteiger partial charge in [0.1, 0.15) is 21.4 Å². The first-order chi connectivity index (χ1) is 21.0. The van der Waals surface area contributed by atoms with Gasteiger partial charge in [-0.25, -0.2) is 12.8 Å². The number of hydrogen-bond acceptors (Lipinski definition) is 4. The largest absolute Gasteiger partial charge is 0.508 e. The molecule has 1 fully saturated rings. The van der Waals surface area contributed by atoms with Gasteiger partial charge in [0.05, 0.1) is 11.5 Å². The van der Waals surface area contributed by atoms with Gasteiger partial charge in [-0.3, -0.25) is 0 Å². The fraction of sp³-hybridized carbons (Fsp3) is 0.600. The second-order valence-corrected chi connectivity index (χ2v) is 14.8. The quantitative estimate of drug-likeness (QED) is 0.147.